The molecule has 0 radical (unpaired) electrons. The predicted molar refractivity (Wildman–Crippen MR) is 94.0 cm³/mol. The van der Waals surface area contributed by atoms with Crippen LogP contribution in [0.15, 0.2) is 54.9 Å². The molecule has 4 aromatic rings. The summed E-state index contributed by atoms with van der Waals surface area (Å²) in [7, 11) is 1.60. The maximum Gasteiger partial charge on any atom is 0.221 e. The van der Waals surface area contributed by atoms with Crippen LogP contribution in [0.5, 0.6) is 11.6 Å². The zero-order chi connectivity index (χ0) is 17.2. The fraction of sp³-hybridized carbons (Fsp3) is 0.158. The molecule has 0 aliphatic carbocycles. The Bertz CT molecular complexity index is 1050. The van der Waals surface area contributed by atoms with Crippen molar-refractivity contribution in [1.82, 2.24) is 14.4 Å². The maximum atomic E-state index is 12.3. The number of pyridine rings is 2. The molecule has 0 saturated heterocycles. The van der Waals surface area contributed by atoms with Gasteiger partial charge in [0, 0.05) is 24.0 Å². The average molecular weight is 337 g/mol. The van der Waals surface area contributed by atoms with Gasteiger partial charge in [0.2, 0.25) is 5.88 Å². The highest BCUT2D eigenvalue weighted by atomic mass is 19.1. The summed E-state index contributed by atoms with van der Waals surface area (Å²) in [5, 5.41) is 0. The molecule has 0 spiro atoms. The molecule has 3 aromatic heterocycles. The van der Waals surface area contributed by atoms with E-state index in [1.807, 2.05) is 47.0 Å². The van der Waals surface area contributed by atoms with Gasteiger partial charge in [-0.15, -0.1) is 0 Å². The Labute approximate surface area is 143 Å². The van der Waals surface area contributed by atoms with Crippen LogP contribution in [0.3, 0.4) is 0 Å². The number of nitrogens with zero attached hydrogens (tertiary/aromatic N) is 3. The number of aromatic nitrogens is 3. The van der Waals surface area contributed by atoms with E-state index in [4.69, 9.17) is 9.47 Å². The lowest BCUT2D eigenvalue weighted by atomic mass is 10.1. The van der Waals surface area contributed by atoms with Crippen LogP contribution < -0.4 is 9.47 Å². The van der Waals surface area contributed by atoms with E-state index in [0.29, 0.717) is 11.6 Å². The van der Waals surface area contributed by atoms with Gasteiger partial charge in [-0.1, -0.05) is 0 Å². The minimum atomic E-state index is -0.512. The third-order valence-corrected chi connectivity index (χ3v) is 4.00. The van der Waals surface area contributed by atoms with Crippen LogP contribution in [0.25, 0.3) is 27.8 Å². The van der Waals surface area contributed by atoms with Crippen molar-refractivity contribution in [2.45, 2.75) is 0 Å². The van der Waals surface area contributed by atoms with E-state index < -0.39 is 6.67 Å². The van der Waals surface area contributed by atoms with Gasteiger partial charge in [-0.05, 0) is 42.0 Å². The first-order valence-corrected chi connectivity index (χ1v) is 7.90. The molecule has 3 heterocycles. The Balaban J connectivity index is 1.82. The number of hydrogen-bond acceptors (Lipinski definition) is 4. The van der Waals surface area contributed by atoms with Gasteiger partial charge in [0.15, 0.2) is 0 Å². The third-order valence-electron chi connectivity index (χ3n) is 4.00. The molecule has 0 saturated carbocycles. The van der Waals surface area contributed by atoms with Crippen molar-refractivity contribution in [3.8, 4) is 22.8 Å². The van der Waals surface area contributed by atoms with Crippen molar-refractivity contribution in [2.75, 3.05) is 20.4 Å². The fourth-order valence-electron chi connectivity index (χ4n) is 2.88. The molecule has 0 bridgehead atoms. The van der Waals surface area contributed by atoms with Gasteiger partial charge in [0.25, 0.3) is 0 Å². The van der Waals surface area contributed by atoms with E-state index in [1.54, 1.807) is 19.4 Å². The first-order valence-electron chi connectivity index (χ1n) is 7.90. The molecule has 25 heavy (non-hydrogen) atoms. The summed E-state index contributed by atoms with van der Waals surface area (Å²) in [5.41, 5.74) is 4.45. The number of halogens is 1. The summed E-state index contributed by atoms with van der Waals surface area (Å²) in [6, 6.07) is 13.4. The second-order valence-electron chi connectivity index (χ2n) is 5.50. The number of ether oxygens (including phenoxy) is 2. The summed E-state index contributed by atoms with van der Waals surface area (Å²) >= 11 is 0. The van der Waals surface area contributed by atoms with E-state index in [0.717, 1.165) is 27.8 Å². The summed E-state index contributed by atoms with van der Waals surface area (Å²) in [6.07, 6.45) is 3.65. The van der Waals surface area contributed by atoms with Crippen LogP contribution in [-0.2, 0) is 0 Å². The number of benzene rings is 1. The molecule has 0 amide bonds. The molecule has 0 fully saturated rings. The topological polar surface area (TPSA) is 48.7 Å². The lowest BCUT2D eigenvalue weighted by Crippen LogP contribution is -1.98. The number of fused-ring (bicyclic) bond motifs is 3. The van der Waals surface area contributed by atoms with Crippen LogP contribution in [0.1, 0.15) is 0 Å². The van der Waals surface area contributed by atoms with Crippen LogP contribution in [0, 0.1) is 0 Å². The highest BCUT2D eigenvalue weighted by molar-refractivity contribution is 5.83. The smallest absolute Gasteiger partial charge is 0.221 e. The minimum absolute atomic E-state index is 0.0488. The monoisotopic (exact) mass is 337 g/mol. The van der Waals surface area contributed by atoms with Crippen molar-refractivity contribution < 1.29 is 13.9 Å². The molecule has 5 nitrogen and oxygen atoms in total. The molecule has 6 heteroatoms. The zero-order valence-corrected chi connectivity index (χ0v) is 13.6. The lowest BCUT2D eigenvalue weighted by Gasteiger charge is -2.07. The van der Waals surface area contributed by atoms with Gasteiger partial charge in [0.1, 0.15) is 24.7 Å². The van der Waals surface area contributed by atoms with E-state index >= 15 is 0 Å². The summed E-state index contributed by atoms with van der Waals surface area (Å²) < 4.78 is 25.0. The highest BCUT2D eigenvalue weighted by Crippen LogP contribution is 2.30. The van der Waals surface area contributed by atoms with Crippen molar-refractivity contribution in [1.29, 1.82) is 0 Å². The van der Waals surface area contributed by atoms with Crippen LogP contribution >= 0.6 is 0 Å². The number of rotatable bonds is 5. The Morgan fingerprint density at radius 1 is 1.16 bits per heavy atom. The first-order chi connectivity index (χ1) is 12.3. The van der Waals surface area contributed by atoms with E-state index in [9.17, 15) is 4.39 Å². The molecule has 4 rings (SSSR count). The number of hydrogen-bond donors (Lipinski definition) is 0. The minimum Gasteiger partial charge on any atom is -0.491 e. The maximum absolute atomic E-state index is 12.3. The van der Waals surface area contributed by atoms with Gasteiger partial charge >= 0.3 is 0 Å². The van der Waals surface area contributed by atoms with E-state index in [2.05, 4.69) is 9.97 Å². The second kappa shape index (κ2) is 6.39. The van der Waals surface area contributed by atoms with E-state index in [1.165, 1.54) is 0 Å². The van der Waals surface area contributed by atoms with Crippen molar-refractivity contribution in [3.63, 3.8) is 0 Å². The Morgan fingerprint density at radius 3 is 2.92 bits per heavy atom. The number of methoxy groups -OCH3 is 1. The molecular weight excluding hydrogens is 321 g/mol. The first kappa shape index (κ1) is 15.4. The highest BCUT2D eigenvalue weighted by Gasteiger charge is 2.10. The molecule has 1 aromatic carbocycles. The fourth-order valence-corrected chi connectivity index (χ4v) is 2.88. The van der Waals surface area contributed by atoms with Crippen molar-refractivity contribution >= 4 is 16.7 Å². The van der Waals surface area contributed by atoms with Crippen molar-refractivity contribution in [3.05, 3.63) is 54.9 Å². The molecule has 0 aliphatic rings. The second-order valence-corrected chi connectivity index (χ2v) is 5.50. The summed E-state index contributed by atoms with van der Waals surface area (Å²) in [6.45, 7) is -0.464. The normalized spacial score (nSPS) is 11.1. The Kier molecular flexibility index (Phi) is 3.93. The molecule has 0 unspecified atom stereocenters. The predicted octanol–water partition coefficient (Wildman–Crippen LogP) is 3.91. The molecular formula is C19H16FN3O2. The van der Waals surface area contributed by atoms with Crippen molar-refractivity contribution in [2.24, 2.45) is 0 Å². The molecule has 0 aliphatic heterocycles. The summed E-state index contributed by atoms with van der Waals surface area (Å²) in [4.78, 5) is 8.89. The van der Waals surface area contributed by atoms with Gasteiger partial charge in [-0.2, -0.15) is 0 Å². The average Bonchev–Trinajstić information content (AvgIpc) is 3.03. The van der Waals surface area contributed by atoms with Crippen LogP contribution in [0.4, 0.5) is 4.39 Å². The van der Waals surface area contributed by atoms with Gasteiger partial charge in [-0.25, -0.2) is 14.4 Å². The summed E-state index contributed by atoms with van der Waals surface area (Å²) in [5.74, 6) is 1.20. The third kappa shape index (κ3) is 2.76. The van der Waals surface area contributed by atoms with Crippen LogP contribution in [0.2, 0.25) is 0 Å². The largest absolute Gasteiger partial charge is 0.491 e. The van der Waals surface area contributed by atoms with Gasteiger partial charge in [0.05, 0.1) is 18.1 Å². The quantitative estimate of drug-likeness (QED) is 0.554. The zero-order valence-electron chi connectivity index (χ0n) is 13.6. The number of imidazole rings is 1. The molecule has 126 valence electrons. The Morgan fingerprint density at radius 2 is 2.08 bits per heavy atom. The Hall–Kier alpha value is -3.15. The van der Waals surface area contributed by atoms with Gasteiger partial charge in [-0.3, -0.25) is 4.40 Å². The molecule has 0 atom stereocenters. The number of alkyl halides is 1. The lowest BCUT2D eigenvalue weighted by molar-refractivity contribution is 0.273. The van der Waals surface area contributed by atoms with Gasteiger partial charge < -0.3 is 9.47 Å². The molecule has 0 N–H and O–H groups in total. The SMILES string of the molecule is COc1ncccc1-c1ccn2c(c1)nc1ccc(OCCF)cc12. The standard InChI is InChI=1S/C19H16FN3O2/c1-24-19-15(3-2-8-21-19)13-6-9-23-17-12-14(25-10-7-20)4-5-16(17)22-18(23)11-13/h2-6,8-9,11-12H,7,10H2,1H3. The van der Waals surface area contributed by atoms with Crippen LogP contribution in [-0.4, -0.2) is 34.8 Å². The van der Waals surface area contributed by atoms with E-state index in [-0.39, 0.29) is 6.61 Å².